The highest BCUT2D eigenvalue weighted by atomic mass is 19.1. The quantitative estimate of drug-likeness (QED) is 0.643. The van der Waals surface area contributed by atoms with Crippen LogP contribution in [0.1, 0.15) is 47.0 Å². The summed E-state index contributed by atoms with van der Waals surface area (Å²) in [6, 6.07) is 5.89. The van der Waals surface area contributed by atoms with E-state index in [9.17, 15) is 22.8 Å². The fourth-order valence-corrected chi connectivity index (χ4v) is 3.79. The van der Waals surface area contributed by atoms with Crippen molar-refractivity contribution in [1.82, 2.24) is 10.3 Å². The van der Waals surface area contributed by atoms with Gasteiger partial charge in [-0.05, 0) is 31.5 Å². The van der Waals surface area contributed by atoms with Crippen LogP contribution >= 0.6 is 0 Å². The third kappa shape index (κ3) is 3.74. The number of benzene rings is 2. The van der Waals surface area contributed by atoms with Crippen LogP contribution < -0.4 is 10.2 Å². The molecule has 166 valence electrons. The van der Waals surface area contributed by atoms with Gasteiger partial charge in [-0.2, -0.15) is 0 Å². The number of carbonyl (C=O) groups is 2. The zero-order valence-corrected chi connectivity index (χ0v) is 17.6. The number of carbonyl (C=O) groups excluding carboxylic acids is 2. The fourth-order valence-electron chi connectivity index (χ4n) is 3.79. The normalized spacial score (nSPS) is 14.6. The van der Waals surface area contributed by atoms with Crippen LogP contribution in [0.2, 0.25) is 0 Å². The van der Waals surface area contributed by atoms with Crippen molar-refractivity contribution in [2.45, 2.75) is 39.3 Å². The molecule has 0 atom stereocenters. The van der Waals surface area contributed by atoms with E-state index < -0.39 is 40.9 Å². The van der Waals surface area contributed by atoms with Crippen LogP contribution in [0.3, 0.4) is 0 Å². The maximum Gasteiger partial charge on any atom is 0.251 e. The molecule has 0 aliphatic carbocycles. The molecule has 0 radical (unpaired) electrons. The van der Waals surface area contributed by atoms with Crippen LogP contribution in [-0.4, -0.2) is 16.8 Å². The van der Waals surface area contributed by atoms with Crippen LogP contribution in [-0.2, 0) is 23.3 Å². The van der Waals surface area contributed by atoms with Crippen LogP contribution in [0, 0.1) is 24.4 Å². The number of hydrogen-bond donors (Lipinski definition) is 1. The molecule has 1 aliphatic heterocycles. The summed E-state index contributed by atoms with van der Waals surface area (Å²) in [7, 11) is 0. The molecule has 1 N–H and O–H groups in total. The predicted octanol–water partition coefficient (Wildman–Crippen LogP) is 4.15. The van der Waals surface area contributed by atoms with Gasteiger partial charge in [0.2, 0.25) is 5.91 Å². The largest absolute Gasteiger partial charge is 0.444 e. The van der Waals surface area contributed by atoms with E-state index in [4.69, 9.17) is 4.42 Å². The van der Waals surface area contributed by atoms with Crippen molar-refractivity contribution in [2.75, 3.05) is 4.90 Å². The first-order valence-electron chi connectivity index (χ1n) is 9.87. The van der Waals surface area contributed by atoms with Crippen molar-refractivity contribution >= 4 is 17.5 Å². The average molecular weight is 443 g/mol. The molecule has 2 heterocycles. The number of rotatable bonds is 5. The lowest BCUT2D eigenvalue weighted by atomic mass is 9.86. The zero-order chi connectivity index (χ0) is 23.2. The Labute approximate surface area is 182 Å². The minimum atomic E-state index is -1.09. The third-order valence-corrected chi connectivity index (χ3v) is 5.52. The van der Waals surface area contributed by atoms with Gasteiger partial charge in [0, 0.05) is 42.4 Å². The molecule has 6 nitrogen and oxygen atoms in total. The lowest BCUT2D eigenvalue weighted by Crippen LogP contribution is -2.35. The zero-order valence-electron chi connectivity index (χ0n) is 17.6. The number of aromatic nitrogens is 1. The SMILES string of the molecule is Cc1ncc(CN2C(=O)C(C)(C)c3ccc(C(=O)NCc4c(F)cc(F)cc4F)cc32)o1. The fraction of sp³-hybridized carbons (Fsp3) is 0.261. The van der Waals surface area contributed by atoms with Crippen molar-refractivity contribution in [2.24, 2.45) is 0 Å². The molecule has 0 saturated heterocycles. The average Bonchev–Trinajstić information content (AvgIpc) is 3.21. The molecule has 1 aromatic heterocycles. The van der Waals surface area contributed by atoms with E-state index in [0.717, 1.165) is 5.56 Å². The van der Waals surface area contributed by atoms with Gasteiger partial charge in [0.25, 0.3) is 5.91 Å². The topological polar surface area (TPSA) is 75.4 Å². The minimum Gasteiger partial charge on any atom is -0.444 e. The number of amides is 2. The van der Waals surface area contributed by atoms with Gasteiger partial charge in [0.15, 0.2) is 5.89 Å². The van der Waals surface area contributed by atoms with Crippen molar-refractivity contribution in [3.63, 3.8) is 0 Å². The molecule has 0 unspecified atom stereocenters. The number of fused-ring (bicyclic) bond motifs is 1. The van der Waals surface area contributed by atoms with Gasteiger partial charge in [-0.1, -0.05) is 6.07 Å². The van der Waals surface area contributed by atoms with Crippen molar-refractivity contribution in [3.8, 4) is 0 Å². The van der Waals surface area contributed by atoms with Crippen LogP contribution in [0.5, 0.6) is 0 Å². The summed E-state index contributed by atoms with van der Waals surface area (Å²) >= 11 is 0. The predicted molar refractivity (Wildman–Crippen MR) is 109 cm³/mol. The first kappa shape index (κ1) is 21.6. The Hall–Kier alpha value is -3.62. The van der Waals surface area contributed by atoms with E-state index in [1.54, 1.807) is 39.0 Å². The highest BCUT2D eigenvalue weighted by Crippen LogP contribution is 2.42. The summed E-state index contributed by atoms with van der Waals surface area (Å²) < 4.78 is 46.3. The van der Waals surface area contributed by atoms with Crippen molar-refractivity contribution in [1.29, 1.82) is 0 Å². The summed E-state index contributed by atoms with van der Waals surface area (Å²) in [5, 5.41) is 2.43. The van der Waals surface area contributed by atoms with E-state index in [2.05, 4.69) is 10.3 Å². The molecule has 1 aliphatic rings. The number of aryl methyl sites for hydroxylation is 1. The van der Waals surface area contributed by atoms with Gasteiger partial charge < -0.3 is 14.6 Å². The maximum absolute atomic E-state index is 13.8. The number of nitrogens with zero attached hydrogens (tertiary/aromatic N) is 2. The Morgan fingerprint density at radius 2 is 1.84 bits per heavy atom. The second-order valence-electron chi connectivity index (χ2n) is 8.12. The summed E-state index contributed by atoms with van der Waals surface area (Å²) in [5.74, 6) is -2.99. The van der Waals surface area contributed by atoms with Gasteiger partial charge in [0.1, 0.15) is 23.2 Å². The van der Waals surface area contributed by atoms with Crippen LogP contribution in [0.4, 0.5) is 18.9 Å². The Morgan fingerprint density at radius 3 is 2.47 bits per heavy atom. The second-order valence-corrected chi connectivity index (χ2v) is 8.12. The monoisotopic (exact) mass is 443 g/mol. The molecule has 2 aromatic carbocycles. The van der Waals surface area contributed by atoms with E-state index in [-0.39, 0.29) is 18.0 Å². The molecule has 0 bridgehead atoms. The van der Waals surface area contributed by atoms with Crippen LogP contribution in [0.15, 0.2) is 40.9 Å². The molecule has 3 aromatic rings. The highest BCUT2D eigenvalue weighted by molar-refractivity contribution is 6.08. The Bertz CT molecular complexity index is 1210. The molecule has 9 heteroatoms. The molecule has 4 rings (SSSR count). The standard InChI is InChI=1S/C23H20F3N3O3/c1-12-27-9-15(32-12)11-29-20-6-13(4-5-17(20)23(2,3)22(29)31)21(30)28-10-16-18(25)7-14(24)8-19(16)26/h4-9H,10-11H2,1-3H3,(H,28,30). The highest BCUT2D eigenvalue weighted by Gasteiger charge is 2.44. The number of oxazole rings is 1. The first-order valence-corrected chi connectivity index (χ1v) is 9.87. The van der Waals surface area contributed by atoms with Gasteiger partial charge in [-0.3, -0.25) is 9.59 Å². The van der Waals surface area contributed by atoms with Gasteiger partial charge in [-0.25, -0.2) is 18.2 Å². The minimum absolute atomic E-state index is 0.146. The summed E-state index contributed by atoms with van der Waals surface area (Å²) in [5.41, 5.74) is 0.238. The van der Waals surface area contributed by atoms with Crippen LogP contribution in [0.25, 0.3) is 0 Å². The number of halogens is 3. The molecular formula is C23H20F3N3O3. The van der Waals surface area contributed by atoms with Gasteiger partial charge >= 0.3 is 0 Å². The summed E-state index contributed by atoms with van der Waals surface area (Å²) in [4.78, 5) is 31.3. The van der Waals surface area contributed by atoms with E-state index in [1.165, 1.54) is 11.1 Å². The van der Waals surface area contributed by atoms with Gasteiger partial charge in [-0.15, -0.1) is 0 Å². The van der Waals surface area contributed by atoms with E-state index in [0.29, 0.717) is 29.5 Å². The third-order valence-electron chi connectivity index (χ3n) is 5.52. The lowest BCUT2D eigenvalue weighted by Gasteiger charge is -2.19. The molecule has 0 spiro atoms. The molecule has 2 amide bonds. The smallest absolute Gasteiger partial charge is 0.251 e. The molecule has 0 saturated carbocycles. The van der Waals surface area contributed by atoms with Crippen molar-refractivity contribution in [3.05, 3.63) is 82.3 Å². The van der Waals surface area contributed by atoms with Crippen molar-refractivity contribution < 1.29 is 27.2 Å². The molecule has 32 heavy (non-hydrogen) atoms. The Balaban J connectivity index is 1.59. The summed E-state index contributed by atoms with van der Waals surface area (Å²) in [6.07, 6.45) is 1.54. The number of nitrogens with one attached hydrogen (secondary N) is 1. The Morgan fingerprint density at radius 1 is 1.16 bits per heavy atom. The molecular weight excluding hydrogens is 423 g/mol. The first-order chi connectivity index (χ1) is 15.1. The summed E-state index contributed by atoms with van der Waals surface area (Å²) in [6.45, 7) is 4.97. The lowest BCUT2D eigenvalue weighted by molar-refractivity contribution is -0.122. The molecule has 0 fully saturated rings. The van der Waals surface area contributed by atoms with E-state index in [1.807, 2.05) is 0 Å². The maximum atomic E-state index is 13.8. The van der Waals surface area contributed by atoms with Gasteiger partial charge in [0.05, 0.1) is 18.2 Å². The number of anilines is 1. The Kier molecular flexibility index (Phi) is 5.28. The van der Waals surface area contributed by atoms with E-state index >= 15 is 0 Å². The second kappa shape index (κ2) is 7.81. The number of hydrogen-bond acceptors (Lipinski definition) is 4.